The molecule has 1 N–H and O–H groups in total. The van der Waals surface area contributed by atoms with Gasteiger partial charge in [0.1, 0.15) is 27.4 Å². The number of hydrogen-bond acceptors (Lipinski definition) is 9. The highest BCUT2D eigenvalue weighted by atomic mass is 35.5. The first kappa shape index (κ1) is 25.2. The van der Waals surface area contributed by atoms with Crippen molar-refractivity contribution in [3.63, 3.8) is 0 Å². The number of ether oxygens (including phenoxy) is 3. The molecule has 2 aliphatic rings. The summed E-state index contributed by atoms with van der Waals surface area (Å²) in [6, 6.07) is 3.17. The zero-order valence-electron chi connectivity index (χ0n) is 20.4. The Hall–Kier alpha value is -3.50. The van der Waals surface area contributed by atoms with Crippen molar-refractivity contribution in [1.82, 2.24) is 15.0 Å². The molecule has 1 fully saturated rings. The zero-order valence-corrected chi connectivity index (χ0v) is 21.9. The minimum atomic E-state index is -0.252. The molecule has 0 amide bonds. The highest BCUT2D eigenvalue weighted by Gasteiger charge is 2.32. The van der Waals surface area contributed by atoms with Crippen LogP contribution >= 0.6 is 23.2 Å². The molecule has 4 heterocycles. The second kappa shape index (κ2) is 10.5. The fourth-order valence-electron chi connectivity index (χ4n) is 4.55. The van der Waals surface area contributed by atoms with Crippen molar-refractivity contribution in [2.45, 2.75) is 32.0 Å². The number of anilines is 3. The Labute approximate surface area is 223 Å². The number of rotatable bonds is 6. The smallest absolute Gasteiger partial charge is 0.223 e. The molecule has 0 saturated carbocycles. The van der Waals surface area contributed by atoms with Crippen LogP contribution in [0, 0.1) is 6.92 Å². The Bertz CT molecular complexity index is 1370. The van der Waals surface area contributed by atoms with Crippen LogP contribution in [-0.2, 0) is 11.3 Å². The average Bonchev–Trinajstić information content (AvgIpc) is 2.90. The lowest BCUT2D eigenvalue weighted by Crippen LogP contribution is -2.41. The van der Waals surface area contributed by atoms with E-state index in [4.69, 9.17) is 52.9 Å². The molecule has 2 aliphatic heterocycles. The molecule has 11 nitrogen and oxygen atoms in total. The number of pyridine rings is 1. The molecule has 37 heavy (non-hydrogen) atoms. The lowest BCUT2D eigenvalue weighted by atomic mass is 10.0. The normalized spacial score (nSPS) is 18.4. The van der Waals surface area contributed by atoms with Gasteiger partial charge in [0.05, 0.1) is 50.8 Å². The zero-order chi connectivity index (χ0) is 26.1. The highest BCUT2D eigenvalue weighted by Crippen LogP contribution is 2.51. The number of nitrogens with one attached hydrogen (secondary N) is 1. The SMILES string of the molecule is COc1cc(OC)c(Cl)c(N2Cc3cnc(NC4COCC[C@@H]4N=[N+]=[N-])nc3-c3cc(C)cnc32)c1Cl. The molecule has 13 heteroatoms. The van der Waals surface area contributed by atoms with Crippen molar-refractivity contribution in [3.8, 4) is 22.8 Å². The first-order valence-corrected chi connectivity index (χ1v) is 12.3. The lowest BCUT2D eigenvalue weighted by Gasteiger charge is -2.33. The quantitative estimate of drug-likeness (QED) is 0.238. The number of hydrogen-bond donors (Lipinski definition) is 1. The Kier molecular flexibility index (Phi) is 7.12. The van der Waals surface area contributed by atoms with Crippen molar-refractivity contribution >= 4 is 40.7 Å². The van der Waals surface area contributed by atoms with Gasteiger partial charge < -0.3 is 24.4 Å². The number of benzene rings is 1. The van der Waals surface area contributed by atoms with E-state index in [1.807, 2.05) is 17.9 Å². The molecule has 3 aromatic rings. The highest BCUT2D eigenvalue weighted by molar-refractivity contribution is 6.41. The van der Waals surface area contributed by atoms with E-state index in [0.29, 0.717) is 65.2 Å². The average molecular weight is 543 g/mol. The van der Waals surface area contributed by atoms with Crippen LogP contribution < -0.4 is 19.7 Å². The van der Waals surface area contributed by atoms with Crippen LogP contribution in [-0.4, -0.2) is 54.5 Å². The van der Waals surface area contributed by atoms with Gasteiger partial charge >= 0.3 is 0 Å². The van der Waals surface area contributed by atoms with E-state index < -0.39 is 0 Å². The summed E-state index contributed by atoms with van der Waals surface area (Å²) in [6.45, 7) is 3.26. The predicted octanol–water partition coefficient (Wildman–Crippen LogP) is 5.70. The molecule has 1 aromatic carbocycles. The number of aryl methyl sites for hydroxylation is 1. The fraction of sp³-hybridized carbons (Fsp3) is 0.375. The molecular formula is C24H24Cl2N8O3. The van der Waals surface area contributed by atoms with Crippen molar-refractivity contribution in [2.75, 3.05) is 37.7 Å². The van der Waals surface area contributed by atoms with Gasteiger partial charge in [-0.2, -0.15) is 0 Å². The van der Waals surface area contributed by atoms with Crippen LogP contribution in [0.2, 0.25) is 10.0 Å². The van der Waals surface area contributed by atoms with Crippen LogP contribution in [0.1, 0.15) is 17.5 Å². The Morgan fingerprint density at radius 1 is 1.16 bits per heavy atom. The topological polar surface area (TPSA) is 130 Å². The number of halogens is 2. The van der Waals surface area contributed by atoms with Crippen LogP contribution in [0.4, 0.5) is 17.5 Å². The molecule has 0 bridgehead atoms. The van der Waals surface area contributed by atoms with Crippen molar-refractivity contribution in [1.29, 1.82) is 0 Å². The predicted molar refractivity (Wildman–Crippen MR) is 141 cm³/mol. The summed E-state index contributed by atoms with van der Waals surface area (Å²) in [5, 5.41) is 7.86. The van der Waals surface area contributed by atoms with Crippen LogP contribution in [0.5, 0.6) is 11.5 Å². The third-order valence-corrected chi connectivity index (χ3v) is 7.09. The van der Waals surface area contributed by atoms with Crippen molar-refractivity contribution < 1.29 is 14.2 Å². The molecule has 5 rings (SSSR count). The second-order valence-corrected chi connectivity index (χ2v) is 9.44. The molecule has 0 spiro atoms. The number of nitrogens with zero attached hydrogens (tertiary/aromatic N) is 7. The monoisotopic (exact) mass is 542 g/mol. The van der Waals surface area contributed by atoms with Gasteiger partial charge in [0.2, 0.25) is 5.95 Å². The number of methoxy groups -OCH3 is 2. The van der Waals surface area contributed by atoms with E-state index in [0.717, 1.165) is 22.4 Å². The number of azide groups is 1. The van der Waals surface area contributed by atoms with E-state index in [1.165, 1.54) is 14.2 Å². The maximum atomic E-state index is 8.93. The van der Waals surface area contributed by atoms with Gasteiger partial charge in [-0.25, -0.2) is 15.0 Å². The summed E-state index contributed by atoms with van der Waals surface area (Å²) < 4.78 is 16.5. The summed E-state index contributed by atoms with van der Waals surface area (Å²) in [6.07, 6.45) is 4.16. The van der Waals surface area contributed by atoms with Gasteiger partial charge in [0.25, 0.3) is 0 Å². The molecule has 192 valence electrons. The molecule has 0 radical (unpaired) electrons. The van der Waals surface area contributed by atoms with Gasteiger partial charge in [-0.15, -0.1) is 0 Å². The van der Waals surface area contributed by atoms with Gasteiger partial charge in [0.15, 0.2) is 0 Å². The van der Waals surface area contributed by atoms with Gasteiger partial charge in [0, 0.05) is 41.1 Å². The summed E-state index contributed by atoms with van der Waals surface area (Å²) in [5.41, 5.74) is 12.8. The summed E-state index contributed by atoms with van der Waals surface area (Å²) in [4.78, 5) is 19.0. The van der Waals surface area contributed by atoms with Gasteiger partial charge in [-0.1, -0.05) is 28.3 Å². The van der Waals surface area contributed by atoms with Gasteiger partial charge in [-0.05, 0) is 30.5 Å². The summed E-state index contributed by atoms with van der Waals surface area (Å²) >= 11 is 13.5. The fourth-order valence-corrected chi connectivity index (χ4v) is 5.26. The first-order valence-electron chi connectivity index (χ1n) is 11.5. The maximum Gasteiger partial charge on any atom is 0.223 e. The Morgan fingerprint density at radius 3 is 2.62 bits per heavy atom. The third-order valence-electron chi connectivity index (χ3n) is 6.36. The molecule has 1 saturated heterocycles. The largest absolute Gasteiger partial charge is 0.495 e. The Balaban J connectivity index is 1.58. The third kappa shape index (κ3) is 4.67. The van der Waals surface area contributed by atoms with Crippen molar-refractivity contribution in [3.05, 3.63) is 56.1 Å². The molecule has 2 atom stereocenters. The van der Waals surface area contributed by atoms with Crippen LogP contribution in [0.15, 0.2) is 29.6 Å². The Morgan fingerprint density at radius 2 is 1.92 bits per heavy atom. The van der Waals surface area contributed by atoms with E-state index >= 15 is 0 Å². The van der Waals surface area contributed by atoms with Gasteiger partial charge in [-0.3, -0.25) is 0 Å². The van der Waals surface area contributed by atoms with Crippen LogP contribution in [0.25, 0.3) is 21.7 Å². The van der Waals surface area contributed by atoms with Crippen molar-refractivity contribution in [2.24, 2.45) is 5.11 Å². The lowest BCUT2D eigenvalue weighted by molar-refractivity contribution is 0.0767. The number of fused-ring (bicyclic) bond motifs is 3. The standard InChI is InChI=1S/C24H24Cl2N8O3/c1-12-6-14-21-13(9-29-24(31-21)30-16-11-37-5-4-15(16)32-33-27)10-34(23(14)28-8-12)22-19(25)17(35-2)7-18(36-3)20(22)26/h6-9,15-16H,4-5,10-11H2,1-3H3,(H,29,30,31)/t15-,16?/m0/s1. The number of aromatic nitrogens is 3. The second-order valence-electron chi connectivity index (χ2n) is 8.68. The first-order chi connectivity index (χ1) is 17.9. The molecule has 2 aromatic heterocycles. The summed E-state index contributed by atoms with van der Waals surface area (Å²) in [5.74, 6) is 1.90. The minimum Gasteiger partial charge on any atom is -0.495 e. The maximum absolute atomic E-state index is 8.93. The van der Waals surface area contributed by atoms with E-state index in [1.54, 1.807) is 18.5 Å². The minimum absolute atomic E-state index is 0.236. The van der Waals surface area contributed by atoms with E-state index in [9.17, 15) is 0 Å². The molecule has 0 aliphatic carbocycles. The molecular weight excluding hydrogens is 519 g/mol. The van der Waals surface area contributed by atoms with E-state index in [2.05, 4.69) is 20.3 Å². The van der Waals surface area contributed by atoms with Crippen LogP contribution in [0.3, 0.4) is 0 Å². The summed E-state index contributed by atoms with van der Waals surface area (Å²) in [7, 11) is 3.07. The molecule has 1 unspecified atom stereocenters. The van der Waals surface area contributed by atoms with E-state index in [-0.39, 0.29) is 12.1 Å².